The van der Waals surface area contributed by atoms with E-state index >= 15 is 0 Å². The number of esters is 1. The minimum absolute atomic E-state index is 0.112. The summed E-state index contributed by atoms with van der Waals surface area (Å²) in [7, 11) is 2.81. The van der Waals surface area contributed by atoms with Crippen molar-refractivity contribution in [2.24, 2.45) is 5.92 Å². The van der Waals surface area contributed by atoms with Crippen molar-refractivity contribution >= 4 is 11.8 Å². The summed E-state index contributed by atoms with van der Waals surface area (Å²) in [4.78, 5) is 26.9. The Morgan fingerprint density at radius 3 is 2.53 bits per heavy atom. The Morgan fingerprint density at radius 1 is 1.35 bits per heavy atom. The van der Waals surface area contributed by atoms with E-state index in [1.807, 2.05) is 0 Å². The number of pyridine rings is 1. The quantitative estimate of drug-likeness (QED) is 0.573. The maximum absolute atomic E-state index is 11.8. The van der Waals surface area contributed by atoms with Gasteiger partial charge in [0.1, 0.15) is 0 Å². The molecule has 17 heavy (non-hydrogen) atoms. The van der Waals surface area contributed by atoms with Gasteiger partial charge in [0.2, 0.25) is 5.88 Å². The summed E-state index contributed by atoms with van der Waals surface area (Å²) in [5, 5.41) is 0. The van der Waals surface area contributed by atoms with Crippen LogP contribution >= 0.6 is 0 Å². The van der Waals surface area contributed by atoms with Crippen LogP contribution in [-0.2, 0) is 9.53 Å². The van der Waals surface area contributed by atoms with E-state index in [-0.39, 0.29) is 18.2 Å². The molecule has 0 saturated heterocycles. The first-order valence-electron chi connectivity index (χ1n) is 5.19. The van der Waals surface area contributed by atoms with Crippen molar-refractivity contribution in [2.45, 2.75) is 13.3 Å². The molecule has 5 heteroatoms. The Hall–Kier alpha value is -1.91. The highest BCUT2D eigenvalue weighted by Crippen LogP contribution is 2.12. The SMILES string of the molecule is COC(=O)C(C)CC(=O)c1ccc(OC)nc1. The van der Waals surface area contributed by atoms with Crippen LogP contribution in [0.15, 0.2) is 18.3 Å². The third-order valence-electron chi connectivity index (χ3n) is 2.36. The minimum atomic E-state index is -0.449. The van der Waals surface area contributed by atoms with Crippen LogP contribution in [0.2, 0.25) is 0 Å². The summed E-state index contributed by atoms with van der Waals surface area (Å²) in [5.41, 5.74) is 0.460. The van der Waals surface area contributed by atoms with E-state index in [0.717, 1.165) is 0 Å². The van der Waals surface area contributed by atoms with Crippen molar-refractivity contribution < 1.29 is 19.1 Å². The molecule has 0 aliphatic carbocycles. The molecule has 0 aliphatic rings. The van der Waals surface area contributed by atoms with Crippen molar-refractivity contribution in [2.75, 3.05) is 14.2 Å². The van der Waals surface area contributed by atoms with Crippen LogP contribution in [0.25, 0.3) is 0 Å². The van der Waals surface area contributed by atoms with Crippen LogP contribution in [0.1, 0.15) is 23.7 Å². The standard InChI is InChI=1S/C12H15NO4/c1-8(12(15)17-3)6-10(14)9-4-5-11(16-2)13-7-9/h4-5,7-8H,6H2,1-3H3. The number of carbonyl (C=O) groups is 2. The summed E-state index contributed by atoms with van der Waals surface area (Å²) < 4.78 is 9.45. The summed E-state index contributed by atoms with van der Waals surface area (Å²) in [6.07, 6.45) is 1.55. The highest BCUT2D eigenvalue weighted by molar-refractivity contribution is 5.97. The summed E-state index contributed by atoms with van der Waals surface area (Å²) in [6, 6.07) is 3.23. The van der Waals surface area contributed by atoms with Gasteiger partial charge in [0.05, 0.1) is 20.1 Å². The van der Waals surface area contributed by atoms with Crippen molar-refractivity contribution in [1.29, 1.82) is 0 Å². The number of methoxy groups -OCH3 is 2. The van der Waals surface area contributed by atoms with Gasteiger partial charge < -0.3 is 9.47 Å². The number of carbonyl (C=O) groups excluding carboxylic acids is 2. The van der Waals surface area contributed by atoms with Gasteiger partial charge in [-0.05, 0) is 6.07 Å². The first kappa shape index (κ1) is 13.2. The zero-order chi connectivity index (χ0) is 12.8. The molecule has 92 valence electrons. The smallest absolute Gasteiger partial charge is 0.308 e. The van der Waals surface area contributed by atoms with Gasteiger partial charge in [-0.25, -0.2) is 4.98 Å². The number of rotatable bonds is 5. The van der Waals surface area contributed by atoms with Crippen LogP contribution < -0.4 is 4.74 Å². The van der Waals surface area contributed by atoms with Gasteiger partial charge in [-0.3, -0.25) is 9.59 Å². The maximum Gasteiger partial charge on any atom is 0.308 e. The molecule has 0 aromatic carbocycles. The molecule has 0 amide bonds. The van der Waals surface area contributed by atoms with Gasteiger partial charge in [-0.2, -0.15) is 0 Å². The molecule has 1 aromatic heterocycles. The lowest BCUT2D eigenvalue weighted by atomic mass is 10.0. The minimum Gasteiger partial charge on any atom is -0.481 e. The predicted octanol–water partition coefficient (Wildman–Crippen LogP) is 1.47. The van der Waals surface area contributed by atoms with E-state index in [0.29, 0.717) is 11.4 Å². The molecule has 1 unspecified atom stereocenters. The highest BCUT2D eigenvalue weighted by Gasteiger charge is 2.18. The number of Topliss-reactive ketones (excluding diaryl/α,β-unsaturated/α-hetero) is 1. The van der Waals surface area contributed by atoms with Crippen LogP contribution in [0.4, 0.5) is 0 Å². The molecule has 0 aliphatic heterocycles. The molecule has 0 spiro atoms. The van der Waals surface area contributed by atoms with E-state index in [1.165, 1.54) is 20.4 Å². The molecule has 0 N–H and O–H groups in total. The zero-order valence-electron chi connectivity index (χ0n) is 10.1. The Labute approximate surface area is 99.8 Å². The molecule has 0 bridgehead atoms. The number of hydrogen-bond acceptors (Lipinski definition) is 5. The monoisotopic (exact) mass is 237 g/mol. The first-order chi connectivity index (χ1) is 8.08. The maximum atomic E-state index is 11.8. The molecule has 1 atom stereocenters. The number of ketones is 1. The Bertz CT molecular complexity index is 399. The van der Waals surface area contributed by atoms with Gasteiger partial charge >= 0.3 is 5.97 Å². The largest absolute Gasteiger partial charge is 0.481 e. The van der Waals surface area contributed by atoms with Crippen LogP contribution in [-0.4, -0.2) is 31.0 Å². The fourth-order valence-corrected chi connectivity index (χ4v) is 1.35. The normalized spacial score (nSPS) is 11.7. The van der Waals surface area contributed by atoms with Gasteiger partial charge in [-0.1, -0.05) is 6.92 Å². The lowest BCUT2D eigenvalue weighted by Crippen LogP contribution is -2.17. The molecule has 5 nitrogen and oxygen atoms in total. The van der Waals surface area contributed by atoms with Gasteiger partial charge in [-0.15, -0.1) is 0 Å². The Balaban J connectivity index is 2.66. The average molecular weight is 237 g/mol. The van der Waals surface area contributed by atoms with Crippen molar-refractivity contribution in [3.05, 3.63) is 23.9 Å². The van der Waals surface area contributed by atoms with Crippen LogP contribution in [0.5, 0.6) is 5.88 Å². The lowest BCUT2D eigenvalue weighted by Gasteiger charge is -2.08. The second-order valence-electron chi connectivity index (χ2n) is 3.64. The predicted molar refractivity (Wildman–Crippen MR) is 60.9 cm³/mol. The fraction of sp³-hybridized carbons (Fsp3) is 0.417. The van der Waals surface area contributed by atoms with Crippen LogP contribution in [0, 0.1) is 5.92 Å². The third-order valence-corrected chi connectivity index (χ3v) is 2.36. The van der Waals surface area contributed by atoms with Gasteiger partial charge in [0, 0.05) is 24.2 Å². The second kappa shape index (κ2) is 5.98. The van der Waals surface area contributed by atoms with Gasteiger partial charge in [0.15, 0.2) is 5.78 Å². The fourth-order valence-electron chi connectivity index (χ4n) is 1.35. The van der Waals surface area contributed by atoms with Crippen molar-refractivity contribution in [3.63, 3.8) is 0 Å². The summed E-state index contributed by atoms with van der Waals surface area (Å²) in [6.45, 7) is 1.65. The third kappa shape index (κ3) is 3.55. The highest BCUT2D eigenvalue weighted by atomic mass is 16.5. The number of aromatic nitrogens is 1. The topological polar surface area (TPSA) is 65.5 Å². The zero-order valence-corrected chi connectivity index (χ0v) is 10.1. The Morgan fingerprint density at radius 2 is 2.06 bits per heavy atom. The summed E-state index contributed by atoms with van der Waals surface area (Å²) >= 11 is 0. The molecular weight excluding hydrogens is 222 g/mol. The van der Waals surface area contributed by atoms with E-state index in [2.05, 4.69) is 9.72 Å². The van der Waals surface area contributed by atoms with Gasteiger partial charge in [0.25, 0.3) is 0 Å². The molecule has 1 rings (SSSR count). The van der Waals surface area contributed by atoms with E-state index < -0.39 is 5.92 Å². The molecule has 1 heterocycles. The molecule has 0 radical (unpaired) electrons. The van der Waals surface area contributed by atoms with Crippen molar-refractivity contribution in [1.82, 2.24) is 4.98 Å². The lowest BCUT2D eigenvalue weighted by molar-refractivity contribution is -0.144. The second-order valence-corrected chi connectivity index (χ2v) is 3.64. The van der Waals surface area contributed by atoms with E-state index in [4.69, 9.17) is 4.74 Å². The molecular formula is C12H15NO4. The Kier molecular flexibility index (Phi) is 4.63. The van der Waals surface area contributed by atoms with Crippen molar-refractivity contribution in [3.8, 4) is 5.88 Å². The average Bonchev–Trinajstić information content (AvgIpc) is 2.37. The number of ether oxygens (including phenoxy) is 2. The molecule has 1 aromatic rings. The molecule has 0 fully saturated rings. The van der Waals surface area contributed by atoms with Crippen LogP contribution in [0.3, 0.4) is 0 Å². The summed E-state index contributed by atoms with van der Waals surface area (Å²) in [5.74, 6) is -0.532. The number of hydrogen-bond donors (Lipinski definition) is 0. The number of nitrogens with zero attached hydrogens (tertiary/aromatic N) is 1. The van der Waals surface area contributed by atoms with E-state index in [9.17, 15) is 9.59 Å². The molecule has 0 saturated carbocycles. The first-order valence-corrected chi connectivity index (χ1v) is 5.19. The van der Waals surface area contributed by atoms with E-state index in [1.54, 1.807) is 19.1 Å².